The first kappa shape index (κ1) is 18.3. The molecule has 1 aliphatic carbocycles. The second-order valence-electron chi connectivity index (χ2n) is 6.50. The lowest BCUT2D eigenvalue weighted by Gasteiger charge is -2.27. The van der Waals surface area contributed by atoms with Gasteiger partial charge in [-0.05, 0) is 23.8 Å². The summed E-state index contributed by atoms with van der Waals surface area (Å²) < 4.78 is 27.3. The van der Waals surface area contributed by atoms with Gasteiger partial charge in [0.05, 0.1) is 22.6 Å². The fourth-order valence-corrected chi connectivity index (χ4v) is 4.88. The van der Waals surface area contributed by atoms with Gasteiger partial charge in [-0.3, -0.25) is 9.59 Å². The minimum absolute atomic E-state index is 0.0545. The summed E-state index contributed by atoms with van der Waals surface area (Å²) in [6, 6.07) is 15.7. The fraction of sp³-hybridized carbons (Fsp3) is 0.150. The van der Waals surface area contributed by atoms with Crippen LogP contribution < -0.4 is 5.73 Å². The molecule has 1 aliphatic heterocycles. The summed E-state index contributed by atoms with van der Waals surface area (Å²) in [5.74, 6) is -2.38. The average molecular weight is 395 g/mol. The lowest BCUT2D eigenvalue weighted by Crippen LogP contribution is -2.46. The first-order valence-electron chi connectivity index (χ1n) is 8.68. The largest absolute Gasteiger partial charge is 0.326 e. The number of benzene rings is 2. The van der Waals surface area contributed by atoms with Crippen LogP contribution in [0.2, 0.25) is 0 Å². The summed E-state index contributed by atoms with van der Waals surface area (Å²) in [4.78, 5) is 25.3. The van der Waals surface area contributed by atoms with Crippen LogP contribution in [0.25, 0.3) is 0 Å². The molecule has 0 fully saturated rings. The molecule has 0 saturated heterocycles. The van der Waals surface area contributed by atoms with E-state index in [1.807, 2.05) is 0 Å². The van der Waals surface area contributed by atoms with Crippen molar-refractivity contribution in [3.63, 3.8) is 0 Å². The molecule has 2 aliphatic rings. The topological polar surface area (TPSA) is 110 Å². The third-order valence-electron chi connectivity index (χ3n) is 4.84. The number of nitrogens with two attached hydrogens (primary N) is 1. The second kappa shape index (κ2) is 6.81. The number of carbonyl (C=O) groups excluding carboxylic acids is 2. The zero-order valence-corrected chi connectivity index (χ0v) is 15.5. The van der Waals surface area contributed by atoms with E-state index >= 15 is 0 Å². The molecule has 2 aromatic carbocycles. The van der Waals surface area contributed by atoms with Gasteiger partial charge in [0.15, 0.2) is 0 Å². The van der Waals surface area contributed by atoms with Gasteiger partial charge in [0.25, 0.3) is 10.0 Å². The number of rotatable bonds is 4. The Morgan fingerprint density at radius 1 is 0.964 bits per heavy atom. The van der Waals surface area contributed by atoms with Crippen molar-refractivity contribution >= 4 is 27.3 Å². The first-order chi connectivity index (χ1) is 13.4. The highest BCUT2D eigenvalue weighted by Gasteiger charge is 2.51. The number of Topliss-reactive ketones (excluding diaryl/α,β-unsaturated/α-hetero) is 2. The molecule has 2 N–H and O–H groups in total. The number of sulfonamides is 1. The lowest BCUT2D eigenvalue weighted by molar-refractivity contribution is -0.136. The Balaban J connectivity index is 1.90. The molecule has 0 amide bonds. The highest BCUT2D eigenvalue weighted by Crippen LogP contribution is 2.36. The molecule has 142 valence electrons. The molecule has 0 spiro atoms. The van der Waals surface area contributed by atoms with E-state index < -0.39 is 33.5 Å². The third kappa shape index (κ3) is 2.78. The van der Waals surface area contributed by atoms with Crippen LogP contribution >= 0.6 is 0 Å². The molecule has 1 heterocycles. The molecule has 0 bridgehead atoms. The van der Waals surface area contributed by atoms with Crippen LogP contribution in [0, 0.1) is 5.92 Å². The molecule has 0 aromatic heterocycles. The summed E-state index contributed by atoms with van der Waals surface area (Å²) >= 11 is 0. The Hall–Kier alpha value is -3.10. The van der Waals surface area contributed by atoms with Gasteiger partial charge >= 0.3 is 0 Å². The molecular weight excluding hydrogens is 378 g/mol. The van der Waals surface area contributed by atoms with Gasteiger partial charge < -0.3 is 5.73 Å². The minimum atomic E-state index is -4.03. The molecule has 4 rings (SSSR count). The molecule has 0 saturated carbocycles. The maximum Gasteiger partial charge on any atom is 0.279 e. The highest BCUT2D eigenvalue weighted by molar-refractivity contribution is 7.89. The van der Waals surface area contributed by atoms with Crippen LogP contribution in [0.15, 0.2) is 82.3 Å². The summed E-state index contributed by atoms with van der Waals surface area (Å²) in [5, 5.41) is 4.31. The van der Waals surface area contributed by atoms with Gasteiger partial charge in [0, 0.05) is 12.1 Å². The Bertz CT molecular complexity index is 1110. The van der Waals surface area contributed by atoms with Crippen LogP contribution in [0.1, 0.15) is 5.56 Å². The highest BCUT2D eigenvalue weighted by atomic mass is 32.2. The van der Waals surface area contributed by atoms with Gasteiger partial charge in [-0.25, -0.2) is 0 Å². The smallest absolute Gasteiger partial charge is 0.279 e. The number of nitrogens with zero attached hydrogens (tertiary/aromatic N) is 2. The zero-order valence-electron chi connectivity index (χ0n) is 14.7. The molecule has 2 atom stereocenters. The van der Waals surface area contributed by atoms with Crippen LogP contribution in [-0.4, -0.2) is 42.7 Å². The molecular formula is C20H17N3O4S. The van der Waals surface area contributed by atoms with E-state index in [0.29, 0.717) is 5.56 Å². The van der Waals surface area contributed by atoms with Crippen molar-refractivity contribution in [1.29, 1.82) is 0 Å². The summed E-state index contributed by atoms with van der Waals surface area (Å²) in [5.41, 5.74) is 6.56. The Labute approximate surface area is 162 Å². The van der Waals surface area contributed by atoms with Crippen molar-refractivity contribution in [1.82, 2.24) is 4.41 Å². The van der Waals surface area contributed by atoms with Gasteiger partial charge in [-0.2, -0.15) is 17.9 Å². The van der Waals surface area contributed by atoms with Gasteiger partial charge in [-0.1, -0.05) is 48.5 Å². The summed E-state index contributed by atoms with van der Waals surface area (Å²) in [6.45, 7) is -0.145. The van der Waals surface area contributed by atoms with Crippen LogP contribution in [0.5, 0.6) is 0 Å². The van der Waals surface area contributed by atoms with Crippen molar-refractivity contribution in [3.8, 4) is 0 Å². The lowest BCUT2D eigenvalue weighted by atomic mass is 9.80. The maximum atomic E-state index is 13.2. The number of hydrazone groups is 1. The van der Waals surface area contributed by atoms with Gasteiger partial charge in [0.2, 0.25) is 11.6 Å². The molecule has 2 aromatic rings. The van der Waals surface area contributed by atoms with E-state index in [9.17, 15) is 18.0 Å². The zero-order chi connectivity index (χ0) is 19.9. The average Bonchev–Trinajstić information content (AvgIpc) is 3.12. The summed E-state index contributed by atoms with van der Waals surface area (Å²) in [7, 11) is -4.03. The Morgan fingerprint density at radius 3 is 2.18 bits per heavy atom. The van der Waals surface area contributed by atoms with Crippen LogP contribution in [0.4, 0.5) is 0 Å². The fourth-order valence-electron chi connectivity index (χ4n) is 3.47. The minimum Gasteiger partial charge on any atom is -0.326 e. The monoisotopic (exact) mass is 395 g/mol. The van der Waals surface area contributed by atoms with Crippen molar-refractivity contribution in [2.75, 3.05) is 6.54 Å². The SMILES string of the molecule is NCC1=CC2C(C(=O)C1=O)C(c1ccccc1)=NN2S(=O)(=O)c1ccccc1. The normalized spacial score (nSPS) is 22.0. The standard InChI is InChI=1S/C20H17N3O4S/c21-12-14-11-16-17(20(25)19(14)24)18(13-7-3-1-4-8-13)22-23(16)28(26,27)15-9-5-2-6-10-15/h1-11,16-17H,12,21H2. The molecule has 28 heavy (non-hydrogen) atoms. The van der Waals surface area contributed by atoms with Gasteiger partial charge in [-0.15, -0.1) is 0 Å². The second-order valence-corrected chi connectivity index (χ2v) is 8.30. The van der Waals surface area contributed by atoms with Crippen molar-refractivity contribution in [3.05, 3.63) is 77.9 Å². The van der Waals surface area contributed by atoms with E-state index in [2.05, 4.69) is 5.10 Å². The van der Waals surface area contributed by atoms with Crippen LogP contribution in [-0.2, 0) is 19.6 Å². The van der Waals surface area contributed by atoms with Gasteiger partial charge in [0.1, 0.15) is 0 Å². The number of fused-ring (bicyclic) bond motifs is 1. The Kier molecular flexibility index (Phi) is 4.44. The van der Waals surface area contributed by atoms with Crippen molar-refractivity contribution in [2.24, 2.45) is 16.8 Å². The summed E-state index contributed by atoms with van der Waals surface area (Å²) in [6.07, 6.45) is 1.45. The van der Waals surface area contributed by atoms with E-state index in [-0.39, 0.29) is 22.7 Å². The first-order valence-corrected chi connectivity index (χ1v) is 10.1. The molecule has 2 unspecified atom stereocenters. The number of ketones is 2. The number of carbonyl (C=O) groups is 2. The van der Waals surface area contributed by atoms with Crippen molar-refractivity contribution < 1.29 is 18.0 Å². The van der Waals surface area contributed by atoms with E-state index in [0.717, 1.165) is 4.41 Å². The molecule has 7 nitrogen and oxygen atoms in total. The quantitative estimate of drug-likeness (QED) is 0.780. The number of hydrogen-bond acceptors (Lipinski definition) is 6. The number of hydrogen-bond donors (Lipinski definition) is 1. The Morgan fingerprint density at radius 2 is 1.57 bits per heavy atom. The van der Waals surface area contributed by atoms with E-state index in [1.165, 1.54) is 18.2 Å². The molecule has 8 heteroatoms. The van der Waals surface area contributed by atoms with Crippen molar-refractivity contribution in [2.45, 2.75) is 10.9 Å². The van der Waals surface area contributed by atoms with E-state index in [1.54, 1.807) is 48.5 Å². The molecule has 0 radical (unpaired) electrons. The predicted octanol–water partition coefficient (Wildman–Crippen LogP) is 1.12. The van der Waals surface area contributed by atoms with E-state index in [4.69, 9.17) is 5.73 Å². The third-order valence-corrected chi connectivity index (χ3v) is 6.53. The van der Waals surface area contributed by atoms with Crippen LogP contribution in [0.3, 0.4) is 0 Å². The maximum absolute atomic E-state index is 13.2. The predicted molar refractivity (Wildman–Crippen MR) is 103 cm³/mol.